The molecule has 1 aromatic heterocycles. The summed E-state index contributed by atoms with van der Waals surface area (Å²) >= 11 is 3.19. The zero-order chi connectivity index (χ0) is 13.8. The fourth-order valence-electron chi connectivity index (χ4n) is 1.33. The lowest BCUT2D eigenvalue weighted by Gasteiger charge is -2.06. The molecule has 0 bridgehead atoms. The summed E-state index contributed by atoms with van der Waals surface area (Å²) in [5, 5.41) is 10.7. The summed E-state index contributed by atoms with van der Waals surface area (Å²) in [5.74, 6) is 0.696. The third-order valence-corrected chi connectivity index (χ3v) is 2.64. The van der Waals surface area contributed by atoms with Crippen molar-refractivity contribution >= 4 is 27.4 Å². The number of anilines is 1. The van der Waals surface area contributed by atoms with Crippen LogP contribution >= 0.6 is 15.9 Å². The molecule has 2 rings (SSSR count). The van der Waals surface area contributed by atoms with Crippen molar-refractivity contribution < 1.29 is 9.66 Å². The molecule has 2 N–H and O–H groups in total. The Kier molecular flexibility index (Phi) is 3.91. The van der Waals surface area contributed by atoms with E-state index in [1.165, 1.54) is 24.5 Å². The Hall–Kier alpha value is -2.22. The molecule has 7 nitrogen and oxygen atoms in total. The highest BCUT2D eigenvalue weighted by atomic mass is 79.9. The van der Waals surface area contributed by atoms with Crippen molar-refractivity contribution in [3.63, 3.8) is 0 Å². The normalized spacial score (nSPS) is 10.2. The number of rotatable bonds is 4. The minimum atomic E-state index is -0.485. The van der Waals surface area contributed by atoms with Crippen molar-refractivity contribution in [2.45, 2.75) is 6.61 Å². The maximum atomic E-state index is 10.7. The van der Waals surface area contributed by atoms with Crippen LogP contribution in [0.1, 0.15) is 5.69 Å². The predicted octanol–water partition coefficient (Wildman–Crippen LogP) is 2.31. The molecule has 0 atom stereocenters. The summed E-state index contributed by atoms with van der Waals surface area (Å²) in [6.07, 6.45) is 2.91. The van der Waals surface area contributed by atoms with Gasteiger partial charge in [0.1, 0.15) is 18.2 Å². The van der Waals surface area contributed by atoms with E-state index in [4.69, 9.17) is 10.5 Å². The first-order valence-electron chi connectivity index (χ1n) is 5.19. The number of benzene rings is 1. The first-order chi connectivity index (χ1) is 9.04. The van der Waals surface area contributed by atoms with Gasteiger partial charge >= 0.3 is 0 Å². The number of nitrogens with two attached hydrogens (primary N) is 1. The van der Waals surface area contributed by atoms with Gasteiger partial charge in [-0.3, -0.25) is 15.1 Å². The zero-order valence-electron chi connectivity index (χ0n) is 9.62. The van der Waals surface area contributed by atoms with Crippen molar-refractivity contribution in [3.8, 4) is 5.75 Å². The van der Waals surface area contributed by atoms with Crippen molar-refractivity contribution in [2.24, 2.45) is 0 Å². The molecule has 0 saturated heterocycles. The molecule has 19 heavy (non-hydrogen) atoms. The Labute approximate surface area is 116 Å². The van der Waals surface area contributed by atoms with Crippen molar-refractivity contribution in [1.29, 1.82) is 0 Å². The minimum Gasteiger partial charge on any atom is -0.487 e. The molecule has 0 amide bonds. The number of nitrogens with zero attached hydrogens (tertiary/aromatic N) is 3. The van der Waals surface area contributed by atoms with Crippen LogP contribution in [0, 0.1) is 10.1 Å². The Morgan fingerprint density at radius 2 is 2.11 bits per heavy atom. The highest BCUT2D eigenvalue weighted by molar-refractivity contribution is 9.10. The number of ether oxygens (including phenoxy) is 1. The van der Waals surface area contributed by atoms with Gasteiger partial charge in [-0.15, -0.1) is 0 Å². The van der Waals surface area contributed by atoms with Gasteiger partial charge in [0.05, 0.1) is 29.1 Å². The monoisotopic (exact) mass is 324 g/mol. The molecule has 0 radical (unpaired) electrons. The molecular formula is C11H9BrN4O3. The number of nitro groups is 1. The third kappa shape index (κ3) is 3.62. The average molecular weight is 325 g/mol. The first-order valence-corrected chi connectivity index (χ1v) is 5.98. The molecule has 0 saturated carbocycles. The zero-order valence-corrected chi connectivity index (χ0v) is 11.2. The molecule has 0 aliphatic heterocycles. The Morgan fingerprint density at radius 1 is 1.32 bits per heavy atom. The lowest BCUT2D eigenvalue weighted by Crippen LogP contribution is -2.01. The van der Waals surface area contributed by atoms with Gasteiger partial charge in [-0.25, -0.2) is 4.98 Å². The molecule has 1 aromatic carbocycles. The molecule has 0 fully saturated rings. The van der Waals surface area contributed by atoms with Gasteiger partial charge in [0, 0.05) is 10.5 Å². The number of hydrogen-bond donors (Lipinski definition) is 1. The van der Waals surface area contributed by atoms with Crippen LogP contribution in [0.3, 0.4) is 0 Å². The Morgan fingerprint density at radius 3 is 2.74 bits per heavy atom. The average Bonchev–Trinajstić information content (AvgIpc) is 2.37. The number of hydrogen-bond acceptors (Lipinski definition) is 6. The van der Waals surface area contributed by atoms with E-state index in [0.717, 1.165) is 0 Å². The van der Waals surface area contributed by atoms with E-state index in [0.29, 0.717) is 21.7 Å². The summed E-state index contributed by atoms with van der Waals surface area (Å²) < 4.78 is 6.00. The van der Waals surface area contributed by atoms with Crippen LogP contribution in [0.15, 0.2) is 35.1 Å². The molecule has 8 heteroatoms. The second kappa shape index (κ2) is 5.61. The van der Waals surface area contributed by atoms with E-state index < -0.39 is 4.92 Å². The molecular weight excluding hydrogens is 316 g/mol. The topological polar surface area (TPSA) is 104 Å². The second-order valence-electron chi connectivity index (χ2n) is 3.62. The van der Waals surface area contributed by atoms with Crippen LogP contribution in [0.4, 0.5) is 11.5 Å². The van der Waals surface area contributed by atoms with Gasteiger partial charge in [0.15, 0.2) is 0 Å². The number of aromatic nitrogens is 2. The van der Waals surface area contributed by atoms with E-state index in [-0.39, 0.29) is 12.3 Å². The van der Waals surface area contributed by atoms with E-state index in [9.17, 15) is 10.1 Å². The number of non-ortho nitro benzene ring substituents is 1. The van der Waals surface area contributed by atoms with Crippen LogP contribution < -0.4 is 10.5 Å². The fraction of sp³-hybridized carbons (Fsp3) is 0.0909. The first kappa shape index (κ1) is 13.2. The largest absolute Gasteiger partial charge is 0.487 e. The van der Waals surface area contributed by atoms with Gasteiger partial charge in [0.25, 0.3) is 5.69 Å². The maximum absolute atomic E-state index is 10.7. The highest BCUT2D eigenvalue weighted by Crippen LogP contribution is 2.26. The lowest BCUT2D eigenvalue weighted by atomic mass is 10.3. The minimum absolute atomic E-state index is 0.0484. The van der Waals surface area contributed by atoms with Crippen molar-refractivity contribution in [1.82, 2.24) is 9.97 Å². The summed E-state index contributed by atoms with van der Waals surface area (Å²) in [6.45, 7) is 0.154. The van der Waals surface area contributed by atoms with Crippen LogP contribution in [0.5, 0.6) is 5.75 Å². The summed E-state index contributed by atoms with van der Waals surface area (Å²) in [5.41, 5.74) is 5.94. The summed E-state index contributed by atoms with van der Waals surface area (Å²) in [6, 6.07) is 4.38. The van der Waals surface area contributed by atoms with Crippen molar-refractivity contribution in [2.75, 3.05) is 5.73 Å². The van der Waals surface area contributed by atoms with E-state index >= 15 is 0 Å². The smallest absolute Gasteiger partial charge is 0.274 e. The summed E-state index contributed by atoms with van der Waals surface area (Å²) in [4.78, 5) is 18.1. The van der Waals surface area contributed by atoms with E-state index in [2.05, 4.69) is 25.9 Å². The molecule has 0 unspecified atom stereocenters. The lowest BCUT2D eigenvalue weighted by molar-refractivity contribution is -0.385. The van der Waals surface area contributed by atoms with Crippen LogP contribution in [0.2, 0.25) is 0 Å². The van der Waals surface area contributed by atoms with Gasteiger partial charge < -0.3 is 10.5 Å². The second-order valence-corrected chi connectivity index (χ2v) is 4.54. The molecule has 0 spiro atoms. The number of halogens is 1. The van der Waals surface area contributed by atoms with Gasteiger partial charge in [0.2, 0.25) is 0 Å². The molecule has 0 aliphatic carbocycles. The quantitative estimate of drug-likeness (QED) is 0.683. The van der Waals surface area contributed by atoms with Crippen LogP contribution in [-0.4, -0.2) is 14.9 Å². The van der Waals surface area contributed by atoms with E-state index in [1.807, 2.05) is 0 Å². The maximum Gasteiger partial charge on any atom is 0.274 e. The van der Waals surface area contributed by atoms with Gasteiger partial charge in [-0.05, 0) is 6.07 Å². The SMILES string of the molecule is Nc1cnc(COc2cc(Br)cc([N+](=O)[O-])c2)cn1. The number of nitro benzene ring substituents is 1. The molecule has 1 heterocycles. The van der Waals surface area contributed by atoms with Gasteiger partial charge in [-0.1, -0.05) is 15.9 Å². The Balaban J connectivity index is 2.11. The Bertz CT molecular complexity index is 603. The van der Waals surface area contributed by atoms with Crippen LogP contribution in [-0.2, 0) is 6.61 Å². The van der Waals surface area contributed by atoms with Gasteiger partial charge in [-0.2, -0.15) is 0 Å². The van der Waals surface area contributed by atoms with Crippen LogP contribution in [0.25, 0.3) is 0 Å². The summed E-state index contributed by atoms with van der Waals surface area (Å²) in [7, 11) is 0. The predicted molar refractivity (Wildman–Crippen MR) is 71.6 cm³/mol. The fourth-order valence-corrected chi connectivity index (χ4v) is 1.79. The molecule has 98 valence electrons. The highest BCUT2D eigenvalue weighted by Gasteiger charge is 2.09. The van der Waals surface area contributed by atoms with E-state index in [1.54, 1.807) is 6.07 Å². The van der Waals surface area contributed by atoms with Crippen molar-refractivity contribution in [3.05, 3.63) is 50.9 Å². The molecule has 2 aromatic rings. The molecule has 0 aliphatic rings. The third-order valence-electron chi connectivity index (χ3n) is 2.18. The standard InChI is InChI=1S/C11H9BrN4O3/c12-7-1-9(16(17)18)3-10(2-7)19-6-8-4-15-11(13)5-14-8/h1-5H,6H2,(H2,13,15). The number of nitrogen functional groups attached to an aromatic ring is 1.